The summed E-state index contributed by atoms with van der Waals surface area (Å²) in [7, 11) is 1.75. The Morgan fingerprint density at radius 1 is 1.48 bits per heavy atom. The Bertz CT molecular complexity index is 782. The summed E-state index contributed by atoms with van der Waals surface area (Å²) >= 11 is 0. The van der Waals surface area contributed by atoms with E-state index in [1.807, 2.05) is 13.0 Å². The molecule has 1 aliphatic rings. The number of pyridine rings is 1. The highest BCUT2D eigenvalue weighted by Gasteiger charge is 2.23. The van der Waals surface area contributed by atoms with Crippen molar-refractivity contribution < 1.29 is 19.0 Å². The van der Waals surface area contributed by atoms with Crippen LogP contribution in [0.2, 0.25) is 0 Å². The zero-order valence-electron chi connectivity index (χ0n) is 15.9. The number of nitrogens with one attached hydrogen (secondary N) is 2. The zero-order valence-corrected chi connectivity index (χ0v) is 15.9. The maximum Gasteiger partial charge on any atom is 0.354 e. The van der Waals surface area contributed by atoms with E-state index >= 15 is 0 Å². The van der Waals surface area contributed by atoms with Gasteiger partial charge in [0.15, 0.2) is 5.71 Å². The largest absolute Gasteiger partial charge is 0.477 e. The number of halogens is 1. The Hall–Kier alpha value is -2.74. The summed E-state index contributed by atoms with van der Waals surface area (Å²) in [4.78, 5) is 19.5. The summed E-state index contributed by atoms with van der Waals surface area (Å²) in [6.07, 6.45) is 6.54. The van der Waals surface area contributed by atoms with Gasteiger partial charge in [0, 0.05) is 36.3 Å². The molecule has 0 saturated carbocycles. The van der Waals surface area contributed by atoms with Crippen molar-refractivity contribution in [3.8, 4) is 5.88 Å². The summed E-state index contributed by atoms with van der Waals surface area (Å²) < 4.78 is 19.0. The monoisotopic (exact) mass is 376 g/mol. The van der Waals surface area contributed by atoms with Gasteiger partial charge in [-0.1, -0.05) is 0 Å². The average Bonchev–Trinajstić information content (AvgIpc) is 2.60. The van der Waals surface area contributed by atoms with Gasteiger partial charge < -0.3 is 20.5 Å². The molecule has 1 aromatic heterocycles. The molecule has 0 radical (unpaired) electrons. The smallest absolute Gasteiger partial charge is 0.354 e. The first-order valence-corrected chi connectivity index (χ1v) is 8.57. The predicted molar refractivity (Wildman–Crippen MR) is 102 cm³/mol. The molecule has 0 saturated heterocycles. The first-order valence-electron chi connectivity index (χ1n) is 8.57. The summed E-state index contributed by atoms with van der Waals surface area (Å²) in [5.41, 5.74) is 0.797. The van der Waals surface area contributed by atoms with Crippen LogP contribution in [0.3, 0.4) is 0 Å². The van der Waals surface area contributed by atoms with Crippen molar-refractivity contribution in [3.05, 3.63) is 47.4 Å². The number of carbonyl (C=O) groups is 1. The highest BCUT2D eigenvalue weighted by molar-refractivity contribution is 6.43. The van der Waals surface area contributed by atoms with Crippen LogP contribution in [0.1, 0.15) is 25.0 Å². The lowest BCUT2D eigenvalue weighted by molar-refractivity contribution is -0.129. The van der Waals surface area contributed by atoms with Gasteiger partial charge in [0.05, 0.1) is 6.04 Å². The number of hydrogen-bond acceptors (Lipinski definition) is 6. The van der Waals surface area contributed by atoms with E-state index in [-0.39, 0.29) is 18.4 Å². The Morgan fingerprint density at radius 2 is 2.22 bits per heavy atom. The van der Waals surface area contributed by atoms with E-state index in [4.69, 9.17) is 4.74 Å². The number of aromatic nitrogens is 1. The highest BCUT2D eigenvalue weighted by Crippen LogP contribution is 2.18. The molecule has 3 N–H and O–H groups in total. The van der Waals surface area contributed by atoms with Gasteiger partial charge in [-0.15, -0.1) is 0 Å². The topological polar surface area (TPSA) is 95.8 Å². The van der Waals surface area contributed by atoms with Gasteiger partial charge in [0.2, 0.25) is 5.88 Å². The van der Waals surface area contributed by atoms with Crippen molar-refractivity contribution in [1.29, 1.82) is 0 Å². The Morgan fingerprint density at radius 3 is 2.81 bits per heavy atom. The molecular weight excluding hydrogens is 351 g/mol. The normalized spacial score (nSPS) is 18.3. The van der Waals surface area contributed by atoms with Crippen LogP contribution >= 0.6 is 0 Å². The van der Waals surface area contributed by atoms with Crippen molar-refractivity contribution in [2.24, 2.45) is 4.99 Å². The van der Waals surface area contributed by atoms with Gasteiger partial charge in [-0.3, -0.25) is 0 Å². The van der Waals surface area contributed by atoms with Crippen LogP contribution in [0, 0.1) is 6.92 Å². The van der Waals surface area contributed by atoms with Crippen molar-refractivity contribution in [2.75, 3.05) is 13.7 Å². The maximum atomic E-state index is 13.5. The lowest BCUT2D eigenvalue weighted by atomic mass is 10.0. The lowest BCUT2D eigenvalue weighted by Crippen LogP contribution is -2.35. The lowest BCUT2D eigenvalue weighted by Gasteiger charge is -2.19. The molecule has 1 aromatic rings. The van der Waals surface area contributed by atoms with Gasteiger partial charge in [-0.25, -0.2) is 19.2 Å². The number of alkyl halides is 1. The molecule has 7 nitrogen and oxygen atoms in total. The number of aliphatic carboxylic acids is 1. The van der Waals surface area contributed by atoms with Crippen molar-refractivity contribution in [1.82, 2.24) is 15.6 Å². The van der Waals surface area contributed by atoms with E-state index in [9.17, 15) is 14.3 Å². The van der Waals surface area contributed by atoms with Crippen LogP contribution in [0.25, 0.3) is 0 Å². The summed E-state index contributed by atoms with van der Waals surface area (Å²) in [5, 5.41) is 15.4. The SMILES string of the molecule is CNC1C=CN=C(C(=O)O)/C1=C/NCc1cnc(OCC(C)(C)F)c(C)c1. The van der Waals surface area contributed by atoms with Crippen molar-refractivity contribution >= 4 is 11.7 Å². The minimum Gasteiger partial charge on any atom is -0.477 e. The average molecular weight is 376 g/mol. The van der Waals surface area contributed by atoms with Crippen LogP contribution in [0.15, 0.2) is 41.3 Å². The fraction of sp³-hybridized carbons (Fsp3) is 0.421. The number of hydrogen-bond donors (Lipinski definition) is 3. The molecule has 1 unspecified atom stereocenters. The molecular formula is C19H25FN4O3. The molecule has 1 aliphatic heterocycles. The molecule has 2 rings (SSSR count). The van der Waals surface area contributed by atoms with Crippen molar-refractivity contribution in [2.45, 2.75) is 39.0 Å². The number of carboxylic acids is 1. The standard InChI is InChI=1S/C19H25FN4O3/c1-12-7-13(9-24-17(12)27-11-19(2,3)20)8-22-10-14-15(21-4)5-6-23-16(14)18(25)26/h5-7,9-10,15,21-22H,8,11H2,1-4H3,(H,25,26)/b14-10+. The molecule has 0 aromatic carbocycles. The molecule has 0 aliphatic carbocycles. The summed E-state index contributed by atoms with van der Waals surface area (Å²) in [6.45, 7) is 5.11. The Labute approximate surface area is 158 Å². The maximum absolute atomic E-state index is 13.5. The molecule has 2 heterocycles. The number of aryl methyl sites for hydroxylation is 1. The van der Waals surface area contributed by atoms with Gasteiger partial charge >= 0.3 is 5.97 Å². The molecule has 0 spiro atoms. The third-order valence-electron chi connectivity index (χ3n) is 3.81. The van der Waals surface area contributed by atoms with Crippen LogP contribution in [-0.4, -0.2) is 47.1 Å². The van der Waals surface area contributed by atoms with E-state index in [0.29, 0.717) is 18.0 Å². The summed E-state index contributed by atoms with van der Waals surface area (Å²) in [5.74, 6) is -0.682. The molecule has 0 fully saturated rings. The Balaban J connectivity index is 2.04. The molecule has 146 valence electrons. The minimum atomic E-state index is -1.43. The summed E-state index contributed by atoms with van der Waals surface area (Å²) in [6, 6.07) is 1.66. The second kappa shape index (κ2) is 8.77. The van der Waals surface area contributed by atoms with Gasteiger partial charge in [-0.2, -0.15) is 0 Å². The first-order chi connectivity index (χ1) is 12.7. The van der Waals surface area contributed by atoms with Crippen molar-refractivity contribution in [3.63, 3.8) is 0 Å². The number of carboxylic acid groups (broad SMARTS) is 1. The van der Waals surface area contributed by atoms with E-state index in [0.717, 1.165) is 11.1 Å². The van der Waals surface area contributed by atoms with Gasteiger partial charge in [-0.05, 0) is 45.5 Å². The Kier molecular flexibility index (Phi) is 6.68. The quantitative estimate of drug-likeness (QED) is 0.643. The first kappa shape index (κ1) is 20.6. The zero-order chi connectivity index (χ0) is 20.0. The fourth-order valence-corrected chi connectivity index (χ4v) is 2.50. The third-order valence-corrected chi connectivity index (χ3v) is 3.81. The number of ether oxygens (including phenoxy) is 1. The van der Waals surface area contributed by atoms with Gasteiger partial charge in [0.1, 0.15) is 12.3 Å². The third kappa shape index (κ3) is 5.89. The van der Waals surface area contributed by atoms with E-state index < -0.39 is 11.6 Å². The second-order valence-electron chi connectivity index (χ2n) is 6.84. The van der Waals surface area contributed by atoms with Gasteiger partial charge in [0.25, 0.3) is 0 Å². The van der Waals surface area contributed by atoms with Crippen LogP contribution in [-0.2, 0) is 11.3 Å². The van der Waals surface area contributed by atoms with E-state index in [2.05, 4.69) is 20.6 Å². The highest BCUT2D eigenvalue weighted by atomic mass is 19.1. The second-order valence-corrected chi connectivity index (χ2v) is 6.84. The minimum absolute atomic E-state index is 0.00348. The molecule has 1 atom stereocenters. The van der Waals surface area contributed by atoms with Crippen LogP contribution in [0.5, 0.6) is 5.88 Å². The molecule has 8 heteroatoms. The van der Waals surface area contributed by atoms with Crippen LogP contribution in [0.4, 0.5) is 4.39 Å². The number of rotatable bonds is 8. The number of likely N-dealkylation sites (N-methyl/N-ethyl adjacent to an activating group) is 1. The van der Waals surface area contributed by atoms with Crippen LogP contribution < -0.4 is 15.4 Å². The predicted octanol–water partition coefficient (Wildman–Crippen LogP) is 2.13. The fourth-order valence-electron chi connectivity index (χ4n) is 2.50. The molecule has 0 amide bonds. The molecule has 0 bridgehead atoms. The van der Waals surface area contributed by atoms with E-state index in [1.165, 1.54) is 20.0 Å². The molecule has 27 heavy (non-hydrogen) atoms. The number of aliphatic imine (C=N–C) groups is 1. The number of nitrogens with zero attached hydrogens (tertiary/aromatic N) is 2. The van der Waals surface area contributed by atoms with E-state index in [1.54, 1.807) is 25.5 Å².